The summed E-state index contributed by atoms with van der Waals surface area (Å²) >= 11 is 0. The van der Waals surface area contributed by atoms with E-state index in [4.69, 9.17) is 0 Å². The Balaban J connectivity index is 3.47. The number of rotatable bonds is 4. The average molecular weight is 175 g/mol. The van der Waals surface area contributed by atoms with Crippen molar-refractivity contribution in [3.63, 3.8) is 0 Å². The topological polar surface area (TPSA) is 95.7 Å². The summed E-state index contributed by atoms with van der Waals surface area (Å²) in [4.78, 5) is 30.8. The van der Waals surface area contributed by atoms with Gasteiger partial charge in [-0.1, -0.05) is 0 Å². The molecule has 0 aromatic rings. The van der Waals surface area contributed by atoms with E-state index >= 15 is 0 Å². The van der Waals surface area contributed by atoms with Crippen LogP contribution in [0.2, 0.25) is 0 Å². The molecule has 0 atom stereocenters. The van der Waals surface area contributed by atoms with Crippen LogP contribution in [0.5, 0.6) is 0 Å². The molecule has 6 nitrogen and oxygen atoms in total. The zero-order valence-corrected chi connectivity index (χ0v) is 6.53. The van der Waals surface area contributed by atoms with Crippen molar-refractivity contribution >= 4 is 17.8 Å². The van der Waals surface area contributed by atoms with Gasteiger partial charge in [-0.25, -0.2) is 4.79 Å². The van der Waals surface area contributed by atoms with E-state index in [9.17, 15) is 14.4 Å². The standard InChI is InChI=1S/C6H9NO5/c1-4(8)11-2-5(9)3-12-6(7)10/h2-3H2,1H3,(H2,7,10). The predicted octanol–water partition coefficient (Wildman–Crippen LogP) is -0.786. The molecule has 0 aromatic heterocycles. The van der Waals surface area contributed by atoms with E-state index in [1.807, 2.05) is 0 Å². The summed E-state index contributed by atoms with van der Waals surface area (Å²) < 4.78 is 8.45. The van der Waals surface area contributed by atoms with Crippen LogP contribution >= 0.6 is 0 Å². The van der Waals surface area contributed by atoms with E-state index in [0.29, 0.717) is 0 Å². The van der Waals surface area contributed by atoms with Gasteiger partial charge < -0.3 is 15.2 Å². The summed E-state index contributed by atoms with van der Waals surface area (Å²) in [6.07, 6.45) is -1.04. The Bertz CT molecular complexity index is 180. The van der Waals surface area contributed by atoms with Crippen LogP contribution in [0.4, 0.5) is 4.79 Å². The minimum absolute atomic E-state index is 0.400. The second-order valence-electron chi connectivity index (χ2n) is 1.93. The van der Waals surface area contributed by atoms with E-state index in [2.05, 4.69) is 15.2 Å². The number of amides is 1. The fourth-order valence-corrected chi connectivity index (χ4v) is 0.375. The van der Waals surface area contributed by atoms with E-state index in [1.54, 1.807) is 0 Å². The molecule has 0 saturated carbocycles. The van der Waals surface area contributed by atoms with Crippen LogP contribution in [-0.2, 0) is 19.1 Å². The highest BCUT2D eigenvalue weighted by Crippen LogP contribution is 1.81. The highest BCUT2D eigenvalue weighted by molar-refractivity contribution is 5.84. The third-order valence-corrected chi connectivity index (χ3v) is 0.812. The molecule has 0 spiro atoms. The lowest BCUT2D eigenvalue weighted by Gasteiger charge is -2.00. The summed E-state index contributed by atoms with van der Waals surface area (Å²) in [5.74, 6) is -1.09. The van der Waals surface area contributed by atoms with Gasteiger partial charge in [-0.05, 0) is 0 Å². The van der Waals surface area contributed by atoms with E-state index in [0.717, 1.165) is 0 Å². The lowest BCUT2D eigenvalue weighted by Crippen LogP contribution is -2.22. The van der Waals surface area contributed by atoms with Crippen LogP contribution in [0.1, 0.15) is 6.92 Å². The van der Waals surface area contributed by atoms with Crippen molar-refractivity contribution in [2.24, 2.45) is 5.73 Å². The molecular formula is C6H9NO5. The minimum atomic E-state index is -1.04. The molecule has 6 heteroatoms. The Hall–Kier alpha value is -1.59. The first-order valence-electron chi connectivity index (χ1n) is 3.09. The van der Waals surface area contributed by atoms with Gasteiger partial charge in [0.2, 0.25) is 5.78 Å². The molecule has 0 radical (unpaired) electrons. The molecule has 0 bridgehead atoms. The van der Waals surface area contributed by atoms with Crippen molar-refractivity contribution in [1.29, 1.82) is 0 Å². The van der Waals surface area contributed by atoms with Crippen LogP contribution in [0.25, 0.3) is 0 Å². The van der Waals surface area contributed by atoms with Crippen molar-refractivity contribution in [3.8, 4) is 0 Å². The van der Waals surface area contributed by atoms with Crippen molar-refractivity contribution < 1.29 is 23.9 Å². The monoisotopic (exact) mass is 175 g/mol. The van der Waals surface area contributed by atoms with Gasteiger partial charge in [0.15, 0.2) is 13.2 Å². The lowest BCUT2D eigenvalue weighted by molar-refractivity contribution is -0.146. The quantitative estimate of drug-likeness (QED) is 0.565. The maximum absolute atomic E-state index is 10.6. The number of hydrogen-bond donors (Lipinski definition) is 1. The summed E-state index contributed by atoms with van der Waals surface area (Å²) in [6, 6.07) is 0. The first kappa shape index (κ1) is 10.4. The Kier molecular flexibility index (Phi) is 4.43. The number of ketones is 1. The second-order valence-corrected chi connectivity index (χ2v) is 1.93. The number of nitrogens with two attached hydrogens (primary N) is 1. The lowest BCUT2D eigenvalue weighted by atomic mass is 10.4. The van der Waals surface area contributed by atoms with Crippen molar-refractivity contribution in [1.82, 2.24) is 0 Å². The fourth-order valence-electron chi connectivity index (χ4n) is 0.375. The molecule has 0 unspecified atom stereocenters. The van der Waals surface area contributed by atoms with Gasteiger partial charge >= 0.3 is 12.1 Å². The summed E-state index contributed by atoms with van der Waals surface area (Å²) in [7, 11) is 0. The molecule has 0 aliphatic heterocycles. The first-order chi connectivity index (χ1) is 5.52. The molecule has 0 aliphatic carbocycles. The highest BCUT2D eigenvalue weighted by atomic mass is 16.6. The Morgan fingerprint density at radius 1 is 1.17 bits per heavy atom. The SMILES string of the molecule is CC(=O)OCC(=O)COC(N)=O. The molecule has 12 heavy (non-hydrogen) atoms. The second kappa shape index (κ2) is 5.11. The number of hydrogen-bond acceptors (Lipinski definition) is 5. The van der Waals surface area contributed by atoms with Crippen LogP contribution in [0, 0.1) is 0 Å². The Morgan fingerprint density at radius 2 is 1.67 bits per heavy atom. The molecule has 2 N–H and O–H groups in total. The van der Waals surface area contributed by atoms with E-state index < -0.39 is 31.1 Å². The number of esters is 1. The third kappa shape index (κ3) is 6.53. The van der Waals surface area contributed by atoms with Crippen molar-refractivity contribution in [3.05, 3.63) is 0 Å². The van der Waals surface area contributed by atoms with E-state index in [-0.39, 0.29) is 0 Å². The number of carbonyl (C=O) groups excluding carboxylic acids is 3. The van der Waals surface area contributed by atoms with Crippen molar-refractivity contribution in [2.75, 3.05) is 13.2 Å². The molecule has 0 heterocycles. The average Bonchev–Trinajstić information content (AvgIpc) is 1.96. The molecule has 68 valence electrons. The summed E-state index contributed by atoms with van der Waals surface area (Å²) in [5.41, 5.74) is 4.58. The van der Waals surface area contributed by atoms with Gasteiger partial charge in [0.1, 0.15) is 0 Å². The number of ether oxygens (including phenoxy) is 2. The maximum Gasteiger partial charge on any atom is 0.404 e. The number of primary amides is 1. The molecule has 0 aromatic carbocycles. The van der Waals surface area contributed by atoms with Gasteiger partial charge in [0.25, 0.3) is 0 Å². The molecule has 0 saturated heterocycles. The normalized spacial score (nSPS) is 8.75. The van der Waals surface area contributed by atoms with Gasteiger partial charge in [0, 0.05) is 6.92 Å². The Morgan fingerprint density at radius 3 is 2.08 bits per heavy atom. The van der Waals surface area contributed by atoms with Crippen LogP contribution in [0.3, 0.4) is 0 Å². The predicted molar refractivity (Wildman–Crippen MR) is 37.2 cm³/mol. The summed E-state index contributed by atoms with van der Waals surface area (Å²) in [6.45, 7) is 0.299. The molecule has 0 fully saturated rings. The molecule has 0 aliphatic rings. The first-order valence-corrected chi connectivity index (χ1v) is 3.09. The van der Waals surface area contributed by atoms with Crippen molar-refractivity contribution in [2.45, 2.75) is 6.92 Å². The van der Waals surface area contributed by atoms with Crippen LogP contribution in [0.15, 0.2) is 0 Å². The third-order valence-electron chi connectivity index (χ3n) is 0.812. The van der Waals surface area contributed by atoms with Gasteiger partial charge in [-0.15, -0.1) is 0 Å². The zero-order chi connectivity index (χ0) is 9.56. The van der Waals surface area contributed by atoms with Crippen LogP contribution < -0.4 is 5.73 Å². The van der Waals surface area contributed by atoms with Gasteiger partial charge in [-0.2, -0.15) is 0 Å². The van der Waals surface area contributed by atoms with E-state index in [1.165, 1.54) is 6.92 Å². The molecule has 0 rings (SSSR count). The molecule has 1 amide bonds. The minimum Gasteiger partial charge on any atom is -0.458 e. The van der Waals surface area contributed by atoms with Gasteiger partial charge in [0.05, 0.1) is 0 Å². The van der Waals surface area contributed by atoms with Gasteiger partial charge in [-0.3, -0.25) is 9.59 Å². The fraction of sp³-hybridized carbons (Fsp3) is 0.500. The summed E-state index contributed by atoms with van der Waals surface area (Å²) in [5, 5.41) is 0. The number of carbonyl (C=O) groups is 3. The Labute approximate surface area is 68.6 Å². The highest BCUT2D eigenvalue weighted by Gasteiger charge is 2.05. The van der Waals surface area contributed by atoms with Crippen LogP contribution in [-0.4, -0.2) is 31.1 Å². The largest absolute Gasteiger partial charge is 0.458 e. The smallest absolute Gasteiger partial charge is 0.404 e. The number of Topliss-reactive ketones (excluding diaryl/α,β-unsaturated/α-hetero) is 1. The molecular weight excluding hydrogens is 166 g/mol. The zero-order valence-electron chi connectivity index (χ0n) is 6.53. The maximum atomic E-state index is 10.6.